The Morgan fingerprint density at radius 2 is 2.27 bits per heavy atom. The van der Waals surface area contributed by atoms with E-state index in [1.165, 1.54) is 16.2 Å². The number of nitrogens with zero attached hydrogens (tertiary/aromatic N) is 5. The molecule has 2 fully saturated rings. The van der Waals surface area contributed by atoms with Crippen molar-refractivity contribution in [3.63, 3.8) is 0 Å². The number of hydrogen-bond acceptors (Lipinski definition) is 6. The van der Waals surface area contributed by atoms with Gasteiger partial charge < -0.3 is 10.0 Å². The van der Waals surface area contributed by atoms with E-state index in [0.717, 1.165) is 0 Å². The number of halogens is 2. The number of fused-ring (bicyclic) bond motifs is 3. The van der Waals surface area contributed by atoms with Crippen molar-refractivity contribution in [3.8, 4) is 0 Å². The van der Waals surface area contributed by atoms with Crippen LogP contribution in [0.5, 0.6) is 0 Å². The van der Waals surface area contributed by atoms with Gasteiger partial charge in [0.1, 0.15) is 11.7 Å². The van der Waals surface area contributed by atoms with Crippen LogP contribution in [0.2, 0.25) is 5.28 Å². The molecule has 116 valence electrons. The summed E-state index contributed by atoms with van der Waals surface area (Å²) in [6.45, 7) is 0.618. The van der Waals surface area contributed by atoms with Crippen molar-refractivity contribution in [2.24, 2.45) is 0 Å². The van der Waals surface area contributed by atoms with Crippen molar-refractivity contribution in [1.29, 1.82) is 0 Å². The number of hydrogen-bond donors (Lipinski definition) is 1. The van der Waals surface area contributed by atoms with Crippen LogP contribution in [0.3, 0.4) is 0 Å². The second-order valence-corrected chi connectivity index (χ2v) is 6.56. The molecule has 2 aromatic rings. The van der Waals surface area contributed by atoms with Gasteiger partial charge in [0, 0.05) is 19.5 Å². The molecule has 2 aromatic heterocycles. The molecule has 4 heterocycles. The van der Waals surface area contributed by atoms with Gasteiger partial charge in [-0.15, -0.1) is 11.3 Å². The van der Waals surface area contributed by atoms with Crippen molar-refractivity contribution < 1.29 is 14.3 Å². The number of aromatic nitrogens is 3. The topological polar surface area (TPSA) is 82.5 Å². The number of amides is 1. The highest BCUT2D eigenvalue weighted by Crippen LogP contribution is 2.36. The van der Waals surface area contributed by atoms with Crippen LogP contribution in [0.4, 0.5) is 15.0 Å². The maximum Gasteiger partial charge on any atom is 0.408 e. The Morgan fingerprint density at radius 1 is 1.45 bits per heavy atom. The van der Waals surface area contributed by atoms with Crippen LogP contribution in [0.1, 0.15) is 6.42 Å². The number of carboxylic acid groups (broad SMARTS) is 1. The Kier molecular flexibility index (Phi) is 3.08. The lowest BCUT2D eigenvalue weighted by Crippen LogP contribution is -2.57. The smallest absolute Gasteiger partial charge is 0.408 e. The molecule has 0 saturated carbocycles. The van der Waals surface area contributed by atoms with Crippen LogP contribution in [0, 0.1) is 0 Å². The highest BCUT2D eigenvalue weighted by atomic mass is 35.5. The van der Waals surface area contributed by atoms with Gasteiger partial charge in [-0.05, 0) is 11.6 Å². The van der Waals surface area contributed by atoms with Gasteiger partial charge in [-0.1, -0.05) is 0 Å². The molecule has 4 rings (SSSR count). The summed E-state index contributed by atoms with van der Waals surface area (Å²) >= 11 is 7.30. The summed E-state index contributed by atoms with van der Waals surface area (Å²) in [5.41, 5.74) is 2.27. The van der Waals surface area contributed by atoms with Gasteiger partial charge >= 0.3 is 6.09 Å². The standard InChI is InChI=1S/C12H11ClFN5O2S/c13-11-16-9(8-10(17-11)22-4-15-8)18-2-5-1-6(14)7(3-18)19(5)12(20)21/h4-7H,1-3H2,(H,20,21)/t5-,6?,7-/m1/s1. The fraction of sp³-hybridized carbons (Fsp3) is 0.500. The Bertz CT molecular complexity index is 758. The first-order valence-electron chi connectivity index (χ1n) is 6.71. The zero-order valence-corrected chi connectivity index (χ0v) is 12.8. The molecule has 1 unspecified atom stereocenters. The van der Waals surface area contributed by atoms with Crippen molar-refractivity contribution in [2.45, 2.75) is 24.7 Å². The first kappa shape index (κ1) is 13.9. The average molecular weight is 344 g/mol. The molecule has 3 atom stereocenters. The molecular formula is C12H11ClFN5O2S. The molecule has 22 heavy (non-hydrogen) atoms. The highest BCUT2D eigenvalue weighted by Gasteiger charge is 2.49. The normalized spacial score (nSPS) is 27.6. The fourth-order valence-corrected chi connectivity index (χ4v) is 4.18. The largest absolute Gasteiger partial charge is 0.465 e. The minimum absolute atomic E-state index is 0.108. The average Bonchev–Trinajstić information content (AvgIpc) is 2.99. The van der Waals surface area contributed by atoms with Gasteiger partial charge in [-0.2, -0.15) is 4.98 Å². The molecule has 0 aliphatic carbocycles. The molecule has 1 N–H and O–H groups in total. The van der Waals surface area contributed by atoms with E-state index in [9.17, 15) is 14.3 Å². The lowest BCUT2D eigenvalue weighted by atomic mass is 10.2. The Balaban J connectivity index is 1.73. The summed E-state index contributed by atoms with van der Waals surface area (Å²) < 4.78 is 14.1. The third-order valence-corrected chi connectivity index (χ3v) is 5.06. The summed E-state index contributed by atoms with van der Waals surface area (Å²) in [6, 6.07) is -1.06. The Hall–Kier alpha value is -1.74. The van der Waals surface area contributed by atoms with Crippen LogP contribution in [-0.4, -0.2) is 62.4 Å². The number of thiazole rings is 1. The third-order valence-electron chi connectivity index (χ3n) is 4.18. The molecule has 1 amide bonds. The van der Waals surface area contributed by atoms with Gasteiger partial charge in [0.25, 0.3) is 0 Å². The van der Waals surface area contributed by atoms with Crippen LogP contribution in [0.15, 0.2) is 5.51 Å². The zero-order chi connectivity index (χ0) is 15.4. The molecule has 0 spiro atoms. The maximum atomic E-state index is 14.1. The van der Waals surface area contributed by atoms with Gasteiger partial charge in [-0.25, -0.2) is 19.2 Å². The maximum absolute atomic E-state index is 14.1. The second kappa shape index (κ2) is 4.88. The summed E-state index contributed by atoms with van der Waals surface area (Å²) in [4.78, 5) is 27.6. The van der Waals surface area contributed by atoms with E-state index >= 15 is 0 Å². The van der Waals surface area contributed by atoms with Crippen molar-refractivity contribution >= 4 is 45.2 Å². The predicted molar refractivity (Wildman–Crippen MR) is 79.4 cm³/mol. The van der Waals surface area contributed by atoms with Crippen molar-refractivity contribution in [3.05, 3.63) is 10.8 Å². The predicted octanol–water partition coefficient (Wildman–Crippen LogP) is 2.02. The minimum atomic E-state index is -1.16. The summed E-state index contributed by atoms with van der Waals surface area (Å²) in [5, 5.41) is 9.37. The van der Waals surface area contributed by atoms with E-state index < -0.39 is 18.3 Å². The number of carbonyl (C=O) groups is 1. The lowest BCUT2D eigenvalue weighted by Gasteiger charge is -2.39. The Morgan fingerprint density at radius 3 is 3.00 bits per heavy atom. The van der Waals surface area contributed by atoms with Crippen LogP contribution in [0.25, 0.3) is 10.3 Å². The van der Waals surface area contributed by atoms with Gasteiger partial charge in [-0.3, -0.25) is 4.90 Å². The second-order valence-electron chi connectivity index (χ2n) is 5.39. The Labute approximate surface area is 133 Å². The van der Waals surface area contributed by atoms with Crippen LogP contribution >= 0.6 is 22.9 Å². The molecule has 2 saturated heterocycles. The summed E-state index contributed by atoms with van der Waals surface area (Å²) in [7, 11) is 0. The minimum Gasteiger partial charge on any atom is -0.465 e. The lowest BCUT2D eigenvalue weighted by molar-refractivity contribution is 0.105. The molecule has 7 nitrogen and oxygen atoms in total. The van der Waals surface area contributed by atoms with Crippen molar-refractivity contribution in [1.82, 2.24) is 19.9 Å². The fourth-order valence-electron chi connectivity index (χ4n) is 3.31. The molecule has 0 radical (unpaired) electrons. The van der Waals surface area contributed by atoms with Gasteiger partial charge in [0.15, 0.2) is 10.6 Å². The van der Waals surface area contributed by atoms with E-state index in [1.807, 2.05) is 4.90 Å². The number of rotatable bonds is 1. The van der Waals surface area contributed by atoms with Gasteiger partial charge in [0.05, 0.1) is 17.6 Å². The van der Waals surface area contributed by atoms with Crippen LogP contribution in [-0.2, 0) is 0 Å². The quantitative estimate of drug-likeness (QED) is 0.798. The van der Waals surface area contributed by atoms with E-state index in [1.54, 1.807) is 5.51 Å². The van der Waals surface area contributed by atoms with E-state index in [0.29, 0.717) is 22.7 Å². The molecule has 0 aromatic carbocycles. The highest BCUT2D eigenvalue weighted by molar-refractivity contribution is 7.16. The monoisotopic (exact) mass is 343 g/mol. The van der Waals surface area contributed by atoms with Crippen molar-refractivity contribution in [2.75, 3.05) is 18.0 Å². The summed E-state index contributed by atoms with van der Waals surface area (Å²) in [6.07, 6.45) is -2.02. The van der Waals surface area contributed by atoms with Crippen LogP contribution < -0.4 is 4.90 Å². The molecule has 2 aliphatic heterocycles. The first-order chi connectivity index (χ1) is 10.5. The molecular weight excluding hydrogens is 333 g/mol. The first-order valence-corrected chi connectivity index (χ1v) is 7.97. The summed E-state index contributed by atoms with van der Waals surface area (Å²) in [5.74, 6) is 0.547. The molecule has 2 aliphatic rings. The van der Waals surface area contributed by atoms with E-state index in [2.05, 4.69) is 15.0 Å². The number of anilines is 1. The zero-order valence-electron chi connectivity index (χ0n) is 11.2. The third kappa shape index (κ3) is 1.99. The molecule has 2 bridgehead atoms. The van der Waals surface area contributed by atoms with Gasteiger partial charge in [0.2, 0.25) is 5.28 Å². The number of alkyl halides is 1. The van der Waals surface area contributed by atoms with E-state index in [4.69, 9.17) is 11.6 Å². The number of piperazine rings is 1. The van der Waals surface area contributed by atoms with E-state index in [-0.39, 0.29) is 24.3 Å². The molecule has 10 heteroatoms. The SMILES string of the molecule is O=C(O)N1[C@@H]2CC(F)[C@H]1CN(c1nc(Cl)nc3scnc13)C2.